The summed E-state index contributed by atoms with van der Waals surface area (Å²) in [5.41, 5.74) is 8.38. The summed E-state index contributed by atoms with van der Waals surface area (Å²) in [6.07, 6.45) is 4.73. The van der Waals surface area contributed by atoms with Gasteiger partial charge in [0.2, 0.25) is 0 Å². The fourth-order valence-corrected chi connectivity index (χ4v) is 2.58. The van der Waals surface area contributed by atoms with Crippen LogP contribution in [0.1, 0.15) is 32.3 Å². The zero-order valence-corrected chi connectivity index (χ0v) is 10.8. The van der Waals surface area contributed by atoms with E-state index in [4.69, 9.17) is 5.73 Å². The van der Waals surface area contributed by atoms with Crippen molar-refractivity contribution in [1.82, 2.24) is 4.57 Å². The monoisotopic (exact) mass is 230 g/mol. The van der Waals surface area contributed by atoms with Gasteiger partial charge in [-0.2, -0.15) is 0 Å². The number of para-hydroxylation sites is 1. The van der Waals surface area contributed by atoms with E-state index in [0.29, 0.717) is 6.54 Å². The molecule has 0 bridgehead atoms. The minimum absolute atomic E-state index is 0.615. The zero-order valence-electron chi connectivity index (χ0n) is 10.8. The van der Waals surface area contributed by atoms with Crippen LogP contribution in [-0.4, -0.2) is 4.57 Å². The number of nitrogens with two attached hydrogens (primary N) is 1. The Hall–Kier alpha value is -1.28. The maximum Gasteiger partial charge on any atom is 0.0525 e. The Balaban J connectivity index is 2.34. The lowest BCUT2D eigenvalue weighted by molar-refractivity contribution is 0.453. The van der Waals surface area contributed by atoms with E-state index in [2.05, 4.69) is 48.9 Å². The molecule has 0 fully saturated rings. The Morgan fingerprint density at radius 2 is 2.12 bits per heavy atom. The van der Waals surface area contributed by atoms with Crippen molar-refractivity contribution in [2.45, 2.75) is 39.8 Å². The molecule has 1 aromatic heterocycles. The smallest absolute Gasteiger partial charge is 0.0525 e. The second-order valence-corrected chi connectivity index (χ2v) is 4.92. The van der Waals surface area contributed by atoms with Crippen LogP contribution in [0.25, 0.3) is 10.9 Å². The van der Waals surface area contributed by atoms with Crippen LogP contribution in [0.5, 0.6) is 0 Å². The van der Waals surface area contributed by atoms with Gasteiger partial charge in [0.05, 0.1) is 5.52 Å². The molecule has 2 aromatic rings. The molecule has 2 nitrogen and oxygen atoms in total. The Bertz CT molecular complexity index is 485. The third kappa shape index (κ3) is 2.52. The largest absolute Gasteiger partial charge is 0.347 e. The summed E-state index contributed by atoms with van der Waals surface area (Å²) in [5.74, 6) is 0.724. The third-order valence-electron chi connectivity index (χ3n) is 3.38. The summed E-state index contributed by atoms with van der Waals surface area (Å²) < 4.78 is 2.36. The maximum atomic E-state index is 5.82. The zero-order chi connectivity index (χ0) is 12.3. The topological polar surface area (TPSA) is 30.9 Å². The predicted octanol–water partition coefficient (Wildman–Crippen LogP) is 3.54. The van der Waals surface area contributed by atoms with Gasteiger partial charge in [0.1, 0.15) is 0 Å². The van der Waals surface area contributed by atoms with Crippen molar-refractivity contribution in [3.8, 4) is 0 Å². The molecule has 0 amide bonds. The van der Waals surface area contributed by atoms with Gasteiger partial charge in [-0.1, -0.05) is 38.5 Å². The minimum Gasteiger partial charge on any atom is -0.347 e. The van der Waals surface area contributed by atoms with Crippen LogP contribution in [-0.2, 0) is 13.1 Å². The van der Waals surface area contributed by atoms with E-state index in [1.165, 1.54) is 29.3 Å². The van der Waals surface area contributed by atoms with Gasteiger partial charge in [0, 0.05) is 19.3 Å². The van der Waals surface area contributed by atoms with Crippen molar-refractivity contribution in [3.63, 3.8) is 0 Å². The Morgan fingerprint density at radius 1 is 1.29 bits per heavy atom. The van der Waals surface area contributed by atoms with E-state index < -0.39 is 0 Å². The lowest BCUT2D eigenvalue weighted by Crippen LogP contribution is -2.08. The van der Waals surface area contributed by atoms with Gasteiger partial charge < -0.3 is 10.3 Å². The molecule has 0 aliphatic heterocycles. The molecule has 0 spiro atoms. The highest BCUT2D eigenvalue weighted by molar-refractivity contribution is 5.83. The molecule has 1 heterocycles. The van der Waals surface area contributed by atoms with Gasteiger partial charge >= 0.3 is 0 Å². The quantitative estimate of drug-likeness (QED) is 0.837. The SMILES string of the molecule is CCCC(C)Cn1ccc2cccc(CN)c21. The molecular formula is C15H22N2. The molecule has 2 heteroatoms. The summed E-state index contributed by atoms with van der Waals surface area (Å²) >= 11 is 0. The average molecular weight is 230 g/mol. The molecule has 0 saturated heterocycles. The minimum atomic E-state index is 0.615. The predicted molar refractivity (Wildman–Crippen MR) is 73.9 cm³/mol. The van der Waals surface area contributed by atoms with Crippen molar-refractivity contribution in [2.24, 2.45) is 11.7 Å². The van der Waals surface area contributed by atoms with E-state index >= 15 is 0 Å². The van der Waals surface area contributed by atoms with Crippen LogP contribution >= 0.6 is 0 Å². The Morgan fingerprint density at radius 3 is 2.82 bits per heavy atom. The molecule has 0 saturated carbocycles. The van der Waals surface area contributed by atoms with Crippen LogP contribution in [0, 0.1) is 5.92 Å². The molecule has 92 valence electrons. The van der Waals surface area contributed by atoms with Crippen molar-refractivity contribution < 1.29 is 0 Å². The number of hydrogen-bond donors (Lipinski definition) is 1. The van der Waals surface area contributed by atoms with Gasteiger partial charge in [-0.15, -0.1) is 0 Å². The lowest BCUT2D eigenvalue weighted by Gasteiger charge is -2.14. The first-order valence-electron chi connectivity index (χ1n) is 6.53. The first kappa shape index (κ1) is 12.2. The van der Waals surface area contributed by atoms with Gasteiger partial charge in [0.15, 0.2) is 0 Å². The molecule has 2 N–H and O–H groups in total. The Labute approximate surface area is 103 Å². The van der Waals surface area contributed by atoms with Crippen molar-refractivity contribution in [3.05, 3.63) is 36.0 Å². The van der Waals surface area contributed by atoms with Crippen LogP contribution in [0.4, 0.5) is 0 Å². The van der Waals surface area contributed by atoms with E-state index in [0.717, 1.165) is 12.5 Å². The molecule has 0 aliphatic rings. The molecule has 0 radical (unpaired) electrons. The summed E-state index contributed by atoms with van der Waals surface area (Å²) in [7, 11) is 0. The number of hydrogen-bond acceptors (Lipinski definition) is 1. The maximum absolute atomic E-state index is 5.82. The molecule has 17 heavy (non-hydrogen) atoms. The van der Waals surface area contributed by atoms with Crippen molar-refractivity contribution >= 4 is 10.9 Å². The summed E-state index contributed by atoms with van der Waals surface area (Å²) in [6, 6.07) is 8.57. The van der Waals surface area contributed by atoms with Gasteiger partial charge in [0.25, 0.3) is 0 Å². The van der Waals surface area contributed by atoms with E-state index in [-0.39, 0.29) is 0 Å². The second kappa shape index (κ2) is 5.37. The molecule has 1 atom stereocenters. The van der Waals surface area contributed by atoms with Crippen LogP contribution in [0.2, 0.25) is 0 Å². The normalized spacial score (nSPS) is 13.1. The number of fused-ring (bicyclic) bond motifs is 1. The van der Waals surface area contributed by atoms with E-state index in [1.54, 1.807) is 0 Å². The lowest BCUT2D eigenvalue weighted by atomic mass is 10.1. The highest BCUT2D eigenvalue weighted by Crippen LogP contribution is 2.22. The fraction of sp³-hybridized carbons (Fsp3) is 0.467. The first-order chi connectivity index (χ1) is 8.26. The molecule has 2 rings (SSSR count). The van der Waals surface area contributed by atoms with E-state index in [1.807, 2.05) is 0 Å². The van der Waals surface area contributed by atoms with Gasteiger partial charge in [-0.05, 0) is 29.4 Å². The number of aromatic nitrogens is 1. The summed E-state index contributed by atoms with van der Waals surface area (Å²) in [6.45, 7) is 6.27. The molecular weight excluding hydrogens is 208 g/mol. The first-order valence-corrected chi connectivity index (χ1v) is 6.53. The standard InChI is InChI=1S/C15H22N2/c1-3-5-12(2)11-17-9-8-13-6-4-7-14(10-16)15(13)17/h4,6-9,12H,3,5,10-11,16H2,1-2H3. The summed E-state index contributed by atoms with van der Waals surface area (Å²) in [5, 5.41) is 1.30. The number of benzene rings is 1. The number of nitrogens with zero attached hydrogens (tertiary/aromatic N) is 1. The molecule has 0 aliphatic carbocycles. The average Bonchev–Trinajstić information content (AvgIpc) is 2.73. The Kier molecular flexibility index (Phi) is 3.85. The molecule has 1 aromatic carbocycles. The van der Waals surface area contributed by atoms with Crippen LogP contribution < -0.4 is 5.73 Å². The highest BCUT2D eigenvalue weighted by atomic mass is 15.0. The molecule has 1 unspecified atom stereocenters. The van der Waals surface area contributed by atoms with Crippen molar-refractivity contribution in [1.29, 1.82) is 0 Å². The van der Waals surface area contributed by atoms with Gasteiger partial charge in [-0.25, -0.2) is 0 Å². The number of rotatable bonds is 5. The second-order valence-electron chi connectivity index (χ2n) is 4.92. The fourth-order valence-electron chi connectivity index (χ4n) is 2.58. The van der Waals surface area contributed by atoms with Gasteiger partial charge in [-0.3, -0.25) is 0 Å². The van der Waals surface area contributed by atoms with Crippen LogP contribution in [0.15, 0.2) is 30.5 Å². The van der Waals surface area contributed by atoms with Crippen molar-refractivity contribution in [2.75, 3.05) is 0 Å². The van der Waals surface area contributed by atoms with E-state index in [9.17, 15) is 0 Å². The summed E-state index contributed by atoms with van der Waals surface area (Å²) in [4.78, 5) is 0. The third-order valence-corrected chi connectivity index (χ3v) is 3.38. The van der Waals surface area contributed by atoms with Crippen LogP contribution in [0.3, 0.4) is 0 Å². The highest BCUT2D eigenvalue weighted by Gasteiger charge is 2.08.